The first-order chi connectivity index (χ1) is 11.5. The standard InChI is InChI=1S/C17H16FN3O3/c1-10-13(17(23)24)8-11-3-6-21(7-4-15(11)20-10)16(22)12-2-5-19-9-14(12)18/h2,5,8-9H,3-4,6-7H2,1H3,(H,23,24). The number of aromatic nitrogens is 2. The van der Waals surface area contributed by atoms with E-state index in [4.69, 9.17) is 0 Å². The molecule has 7 heteroatoms. The maximum absolute atomic E-state index is 13.8. The Morgan fingerprint density at radius 3 is 2.71 bits per heavy atom. The molecule has 0 aromatic carbocycles. The minimum Gasteiger partial charge on any atom is -0.478 e. The zero-order chi connectivity index (χ0) is 17.3. The van der Waals surface area contributed by atoms with Gasteiger partial charge in [0, 0.05) is 31.4 Å². The van der Waals surface area contributed by atoms with Crippen LogP contribution in [0.15, 0.2) is 24.5 Å². The van der Waals surface area contributed by atoms with Crippen LogP contribution in [0.1, 0.15) is 37.7 Å². The third-order valence-electron chi connectivity index (χ3n) is 4.17. The number of rotatable bonds is 2. The Kier molecular flexibility index (Phi) is 4.24. The molecule has 0 atom stereocenters. The molecule has 0 saturated carbocycles. The van der Waals surface area contributed by atoms with Crippen molar-refractivity contribution in [1.82, 2.24) is 14.9 Å². The van der Waals surface area contributed by atoms with Gasteiger partial charge in [-0.15, -0.1) is 0 Å². The normalized spacial score (nSPS) is 14.0. The quantitative estimate of drug-likeness (QED) is 0.909. The van der Waals surface area contributed by atoms with Crippen molar-refractivity contribution in [2.24, 2.45) is 0 Å². The number of hydrogen-bond donors (Lipinski definition) is 1. The molecule has 1 amide bonds. The van der Waals surface area contributed by atoms with Crippen LogP contribution in [0.25, 0.3) is 0 Å². The molecule has 0 spiro atoms. The predicted molar refractivity (Wildman–Crippen MR) is 83.4 cm³/mol. The van der Waals surface area contributed by atoms with Crippen molar-refractivity contribution < 1.29 is 19.1 Å². The predicted octanol–water partition coefficient (Wildman–Crippen LogP) is 1.86. The van der Waals surface area contributed by atoms with Crippen molar-refractivity contribution >= 4 is 11.9 Å². The van der Waals surface area contributed by atoms with E-state index in [0.29, 0.717) is 31.6 Å². The first kappa shape index (κ1) is 16.0. The van der Waals surface area contributed by atoms with Crippen LogP contribution in [0.5, 0.6) is 0 Å². The molecule has 0 aliphatic carbocycles. The second kappa shape index (κ2) is 6.35. The Morgan fingerprint density at radius 1 is 1.25 bits per heavy atom. The molecular formula is C17H16FN3O3. The van der Waals surface area contributed by atoms with Crippen LogP contribution in [0.2, 0.25) is 0 Å². The molecule has 2 aromatic rings. The Morgan fingerprint density at radius 2 is 2.00 bits per heavy atom. The van der Waals surface area contributed by atoms with Crippen molar-refractivity contribution in [1.29, 1.82) is 0 Å². The maximum Gasteiger partial charge on any atom is 0.337 e. The van der Waals surface area contributed by atoms with Gasteiger partial charge in [-0.05, 0) is 31.0 Å². The highest BCUT2D eigenvalue weighted by atomic mass is 19.1. The number of aryl methyl sites for hydroxylation is 1. The largest absolute Gasteiger partial charge is 0.478 e. The third kappa shape index (κ3) is 2.97. The van der Waals surface area contributed by atoms with Crippen LogP contribution in [-0.2, 0) is 12.8 Å². The Bertz CT molecular complexity index is 823. The molecular weight excluding hydrogens is 313 g/mol. The molecule has 0 bridgehead atoms. The van der Waals surface area contributed by atoms with Gasteiger partial charge in [0.25, 0.3) is 5.91 Å². The van der Waals surface area contributed by atoms with E-state index >= 15 is 0 Å². The van der Waals surface area contributed by atoms with E-state index in [1.165, 1.54) is 12.3 Å². The number of amides is 1. The van der Waals surface area contributed by atoms with E-state index in [-0.39, 0.29) is 11.1 Å². The minimum atomic E-state index is -1.01. The van der Waals surface area contributed by atoms with Gasteiger partial charge in [0.1, 0.15) is 0 Å². The molecule has 0 saturated heterocycles. The summed E-state index contributed by atoms with van der Waals surface area (Å²) in [6.07, 6.45) is 3.40. The fraction of sp³-hybridized carbons (Fsp3) is 0.294. The fourth-order valence-corrected chi connectivity index (χ4v) is 2.88. The Hall–Kier alpha value is -2.83. The number of halogens is 1. The molecule has 124 valence electrons. The van der Waals surface area contributed by atoms with Gasteiger partial charge < -0.3 is 10.0 Å². The lowest BCUT2D eigenvalue weighted by atomic mass is 10.0. The summed E-state index contributed by atoms with van der Waals surface area (Å²) in [5.74, 6) is -2.05. The summed E-state index contributed by atoms with van der Waals surface area (Å²) in [6.45, 7) is 2.45. The highest BCUT2D eigenvalue weighted by Gasteiger charge is 2.24. The highest BCUT2D eigenvalue weighted by molar-refractivity contribution is 5.94. The van der Waals surface area contributed by atoms with Crippen LogP contribution >= 0.6 is 0 Å². The zero-order valence-electron chi connectivity index (χ0n) is 13.1. The topological polar surface area (TPSA) is 83.4 Å². The van der Waals surface area contributed by atoms with Crippen LogP contribution in [-0.4, -0.2) is 44.9 Å². The van der Waals surface area contributed by atoms with Crippen molar-refractivity contribution in [2.75, 3.05) is 13.1 Å². The van der Waals surface area contributed by atoms with E-state index in [1.54, 1.807) is 17.9 Å². The summed E-state index contributed by atoms with van der Waals surface area (Å²) in [5, 5.41) is 9.20. The van der Waals surface area contributed by atoms with Gasteiger partial charge in [0.2, 0.25) is 0 Å². The molecule has 6 nitrogen and oxygen atoms in total. The summed E-state index contributed by atoms with van der Waals surface area (Å²) in [6, 6.07) is 2.99. The van der Waals surface area contributed by atoms with E-state index in [2.05, 4.69) is 9.97 Å². The number of nitrogens with zero attached hydrogens (tertiary/aromatic N) is 3. The number of fused-ring (bicyclic) bond motifs is 1. The van der Waals surface area contributed by atoms with Crippen molar-refractivity contribution in [3.63, 3.8) is 0 Å². The lowest BCUT2D eigenvalue weighted by molar-refractivity contribution is 0.0694. The summed E-state index contributed by atoms with van der Waals surface area (Å²) < 4.78 is 13.8. The first-order valence-electron chi connectivity index (χ1n) is 7.59. The van der Waals surface area contributed by atoms with Crippen LogP contribution in [0.3, 0.4) is 0 Å². The molecule has 1 aliphatic heterocycles. The highest BCUT2D eigenvalue weighted by Crippen LogP contribution is 2.20. The molecule has 24 heavy (non-hydrogen) atoms. The molecule has 0 radical (unpaired) electrons. The van der Waals surface area contributed by atoms with Gasteiger partial charge in [-0.2, -0.15) is 0 Å². The van der Waals surface area contributed by atoms with Crippen molar-refractivity contribution in [3.8, 4) is 0 Å². The monoisotopic (exact) mass is 329 g/mol. The number of pyridine rings is 2. The summed E-state index contributed by atoms with van der Waals surface area (Å²) >= 11 is 0. The summed E-state index contributed by atoms with van der Waals surface area (Å²) in [7, 11) is 0. The van der Waals surface area contributed by atoms with Crippen molar-refractivity contribution in [2.45, 2.75) is 19.8 Å². The fourth-order valence-electron chi connectivity index (χ4n) is 2.88. The van der Waals surface area contributed by atoms with Gasteiger partial charge >= 0.3 is 5.97 Å². The van der Waals surface area contributed by atoms with Gasteiger partial charge in [0.05, 0.1) is 23.0 Å². The van der Waals surface area contributed by atoms with Crippen LogP contribution < -0.4 is 0 Å². The van der Waals surface area contributed by atoms with Crippen LogP contribution in [0.4, 0.5) is 4.39 Å². The number of carbonyl (C=O) groups is 2. The lowest BCUT2D eigenvalue weighted by Crippen LogP contribution is -2.33. The zero-order valence-corrected chi connectivity index (χ0v) is 13.1. The van der Waals surface area contributed by atoms with Gasteiger partial charge in [-0.1, -0.05) is 0 Å². The number of hydrogen-bond acceptors (Lipinski definition) is 4. The number of carboxylic acids is 1. The minimum absolute atomic E-state index is 0.00804. The maximum atomic E-state index is 13.8. The van der Waals surface area contributed by atoms with E-state index in [9.17, 15) is 19.1 Å². The van der Waals surface area contributed by atoms with E-state index < -0.39 is 17.7 Å². The Labute approximate surface area is 138 Å². The smallest absolute Gasteiger partial charge is 0.337 e. The molecule has 0 unspecified atom stereocenters. The second-order valence-electron chi connectivity index (χ2n) is 5.68. The summed E-state index contributed by atoms with van der Waals surface area (Å²) in [4.78, 5) is 33.3. The molecule has 2 aromatic heterocycles. The third-order valence-corrected chi connectivity index (χ3v) is 4.17. The molecule has 3 rings (SSSR count). The van der Waals surface area contributed by atoms with Gasteiger partial charge in [0.15, 0.2) is 5.82 Å². The summed E-state index contributed by atoms with van der Waals surface area (Å²) in [5.41, 5.74) is 2.24. The average Bonchev–Trinajstić information content (AvgIpc) is 2.76. The second-order valence-corrected chi connectivity index (χ2v) is 5.68. The first-order valence-corrected chi connectivity index (χ1v) is 7.59. The Balaban J connectivity index is 1.84. The van der Waals surface area contributed by atoms with Gasteiger partial charge in [-0.3, -0.25) is 14.8 Å². The molecule has 0 fully saturated rings. The average molecular weight is 329 g/mol. The molecule has 3 heterocycles. The number of carbonyl (C=O) groups excluding carboxylic acids is 1. The molecule has 1 N–H and O–H groups in total. The number of carboxylic acid groups (broad SMARTS) is 1. The van der Waals surface area contributed by atoms with E-state index in [0.717, 1.165) is 17.5 Å². The van der Waals surface area contributed by atoms with Crippen molar-refractivity contribution in [3.05, 3.63) is 58.4 Å². The lowest BCUT2D eigenvalue weighted by Gasteiger charge is -2.20. The number of aromatic carboxylic acids is 1. The van der Waals surface area contributed by atoms with Crippen LogP contribution in [0, 0.1) is 12.7 Å². The van der Waals surface area contributed by atoms with E-state index in [1.807, 2.05) is 0 Å². The van der Waals surface area contributed by atoms with Gasteiger partial charge in [-0.25, -0.2) is 9.18 Å². The SMILES string of the molecule is Cc1nc2c(cc1C(=O)O)CCN(C(=O)c1ccncc1F)CC2. The molecule has 1 aliphatic rings.